The predicted octanol–water partition coefficient (Wildman–Crippen LogP) is 0.0630. The molecule has 0 saturated carbocycles. The van der Waals surface area contributed by atoms with E-state index in [0.29, 0.717) is 0 Å². The molecule has 1 unspecified atom stereocenters. The molecule has 2 aliphatic rings. The molecule has 1 fully saturated rings. The smallest absolute Gasteiger partial charge is 0.404 e. The quantitative estimate of drug-likeness (QED) is 0.583. The van der Waals surface area contributed by atoms with Crippen molar-refractivity contribution in [2.24, 2.45) is 5.73 Å². The minimum Gasteiger partial charge on any atom is -0.477 e. The number of carbonyl (C=O) groups excluding carboxylic acids is 3. The highest BCUT2D eigenvalue weighted by molar-refractivity contribution is 8.00. The van der Waals surface area contributed by atoms with E-state index >= 15 is 0 Å². The Morgan fingerprint density at radius 2 is 2.00 bits per heavy atom. The minimum absolute atomic E-state index is 0.126. The molecule has 1 saturated heterocycles. The number of β-lactam (4-membered cyclic amide) rings is 1. The first-order valence-corrected chi connectivity index (χ1v) is 9.09. The van der Waals surface area contributed by atoms with E-state index in [2.05, 4.69) is 10.1 Å². The lowest BCUT2D eigenvalue weighted by molar-refractivity contribution is -0.150. The Hall–Kier alpha value is -3.01. The first-order chi connectivity index (χ1) is 12.9. The monoisotopic (exact) mass is 391 g/mol. The molecule has 10 heteroatoms. The van der Waals surface area contributed by atoms with Gasteiger partial charge in [0.05, 0.1) is 6.42 Å². The number of carboxylic acids is 1. The molecular formula is C17H17N3O6S. The van der Waals surface area contributed by atoms with E-state index in [-0.39, 0.29) is 36.0 Å². The second kappa shape index (κ2) is 7.70. The zero-order valence-corrected chi connectivity index (χ0v) is 14.9. The van der Waals surface area contributed by atoms with Crippen molar-refractivity contribution in [3.05, 3.63) is 47.2 Å². The summed E-state index contributed by atoms with van der Waals surface area (Å²) in [5.74, 6) is -1.88. The van der Waals surface area contributed by atoms with Crippen molar-refractivity contribution < 1.29 is 29.0 Å². The normalized spacial score (nSPS) is 21.2. The van der Waals surface area contributed by atoms with Crippen LogP contribution in [0.25, 0.3) is 0 Å². The van der Waals surface area contributed by atoms with Crippen LogP contribution in [-0.4, -0.2) is 57.7 Å². The lowest BCUT2D eigenvalue weighted by atomic mass is 10.0. The molecular weight excluding hydrogens is 374 g/mol. The Morgan fingerprint density at radius 3 is 2.63 bits per heavy atom. The fraction of sp³-hybridized carbons (Fsp3) is 0.294. The molecule has 0 radical (unpaired) electrons. The molecule has 2 heterocycles. The second-order valence-corrected chi connectivity index (χ2v) is 7.09. The van der Waals surface area contributed by atoms with Crippen molar-refractivity contribution in [3.63, 3.8) is 0 Å². The summed E-state index contributed by atoms with van der Waals surface area (Å²) >= 11 is 1.29. The molecule has 0 spiro atoms. The fourth-order valence-corrected chi connectivity index (χ4v) is 4.29. The number of hydrogen-bond acceptors (Lipinski definition) is 6. The lowest BCUT2D eigenvalue weighted by Gasteiger charge is -2.49. The van der Waals surface area contributed by atoms with Crippen LogP contribution in [0.2, 0.25) is 0 Å². The van der Waals surface area contributed by atoms with Gasteiger partial charge in [0.2, 0.25) is 5.91 Å². The summed E-state index contributed by atoms with van der Waals surface area (Å²) in [6.45, 7) is -0.300. The van der Waals surface area contributed by atoms with Gasteiger partial charge in [0, 0.05) is 11.3 Å². The van der Waals surface area contributed by atoms with Crippen molar-refractivity contribution in [1.82, 2.24) is 10.2 Å². The maximum atomic E-state index is 12.5. The first-order valence-electron chi connectivity index (χ1n) is 8.04. The van der Waals surface area contributed by atoms with Crippen LogP contribution in [0.15, 0.2) is 41.6 Å². The Labute approximate surface area is 158 Å². The van der Waals surface area contributed by atoms with E-state index in [1.165, 1.54) is 11.8 Å². The summed E-state index contributed by atoms with van der Waals surface area (Å²) in [6, 6.07) is 8.29. The largest absolute Gasteiger partial charge is 0.477 e. The number of hydrogen-bond donors (Lipinski definition) is 3. The van der Waals surface area contributed by atoms with Gasteiger partial charge in [-0.05, 0) is 5.56 Å². The molecule has 2 aliphatic heterocycles. The summed E-state index contributed by atoms with van der Waals surface area (Å²) < 4.78 is 4.66. The van der Waals surface area contributed by atoms with Gasteiger partial charge in [0.1, 0.15) is 23.7 Å². The number of nitrogens with one attached hydrogen (secondary N) is 1. The van der Waals surface area contributed by atoms with Crippen molar-refractivity contribution in [2.75, 3.05) is 12.4 Å². The Morgan fingerprint density at radius 1 is 1.30 bits per heavy atom. The number of nitrogens with zero attached hydrogens (tertiary/aromatic N) is 1. The SMILES string of the molecule is NC(=O)OCC1=C(C(=O)O)N2C(=O)C(NC(=O)Cc3ccccc3)[C@@H]2SC1. The number of primary amides is 1. The molecule has 2 atom stereocenters. The van der Waals surface area contributed by atoms with Crippen LogP contribution in [0.3, 0.4) is 0 Å². The molecule has 4 N–H and O–H groups in total. The third-order valence-electron chi connectivity index (χ3n) is 4.16. The molecule has 1 aromatic rings. The van der Waals surface area contributed by atoms with Gasteiger partial charge in [-0.25, -0.2) is 9.59 Å². The Kier molecular flexibility index (Phi) is 5.36. The number of aliphatic carboxylic acids is 1. The highest BCUT2D eigenvalue weighted by Crippen LogP contribution is 2.40. The Bertz CT molecular complexity index is 825. The lowest BCUT2D eigenvalue weighted by Crippen LogP contribution is -2.70. The van der Waals surface area contributed by atoms with Gasteiger partial charge < -0.3 is 20.9 Å². The molecule has 3 amide bonds. The average Bonchev–Trinajstić information content (AvgIpc) is 2.64. The maximum Gasteiger partial charge on any atom is 0.404 e. The maximum absolute atomic E-state index is 12.5. The predicted molar refractivity (Wildman–Crippen MR) is 95.4 cm³/mol. The highest BCUT2D eigenvalue weighted by Gasteiger charge is 2.54. The van der Waals surface area contributed by atoms with E-state index in [0.717, 1.165) is 10.5 Å². The number of nitrogens with two attached hydrogens (primary N) is 1. The summed E-state index contributed by atoms with van der Waals surface area (Å²) in [4.78, 5) is 48.1. The van der Waals surface area contributed by atoms with Crippen LogP contribution in [0.1, 0.15) is 5.56 Å². The average molecular weight is 391 g/mol. The number of benzene rings is 1. The first kappa shape index (κ1) is 18.8. The van der Waals surface area contributed by atoms with E-state index in [1.54, 1.807) is 12.1 Å². The van der Waals surface area contributed by atoms with Crippen molar-refractivity contribution >= 4 is 35.6 Å². The number of carbonyl (C=O) groups is 4. The van der Waals surface area contributed by atoms with Crippen LogP contribution >= 0.6 is 11.8 Å². The molecule has 1 aromatic carbocycles. The molecule has 142 valence electrons. The van der Waals surface area contributed by atoms with Gasteiger partial charge in [0.15, 0.2) is 0 Å². The molecule has 27 heavy (non-hydrogen) atoms. The number of fused-ring (bicyclic) bond motifs is 1. The van der Waals surface area contributed by atoms with Crippen LogP contribution in [0, 0.1) is 0 Å². The van der Waals surface area contributed by atoms with Crippen molar-refractivity contribution in [2.45, 2.75) is 17.8 Å². The zero-order chi connectivity index (χ0) is 19.6. The van der Waals surface area contributed by atoms with Gasteiger partial charge in [-0.3, -0.25) is 14.5 Å². The number of rotatable bonds is 6. The van der Waals surface area contributed by atoms with Crippen LogP contribution in [-0.2, 0) is 25.5 Å². The summed E-state index contributed by atoms with van der Waals surface area (Å²) in [5, 5.41) is 11.6. The number of ether oxygens (including phenoxy) is 1. The van der Waals surface area contributed by atoms with Gasteiger partial charge in [-0.1, -0.05) is 30.3 Å². The molecule has 9 nitrogen and oxygen atoms in total. The Balaban J connectivity index is 1.68. The number of thioether (sulfide) groups is 1. The fourth-order valence-electron chi connectivity index (χ4n) is 2.96. The standard InChI is InChI=1S/C17H17N3O6S/c18-17(25)26-7-10-8-27-15-12(14(22)20(15)13(10)16(23)24)19-11(21)6-9-4-2-1-3-5-9/h1-5,12,15H,6-8H2,(H2,18,25)(H,19,21)(H,23,24)/t12?,15-/m0/s1. The summed E-state index contributed by atoms with van der Waals surface area (Å²) in [5.41, 5.74) is 5.78. The minimum atomic E-state index is -1.30. The molecule has 0 aliphatic carbocycles. The van der Waals surface area contributed by atoms with Gasteiger partial charge >= 0.3 is 12.1 Å². The molecule has 3 rings (SSSR count). The molecule has 0 bridgehead atoms. The summed E-state index contributed by atoms with van der Waals surface area (Å²) in [7, 11) is 0. The van der Waals surface area contributed by atoms with E-state index in [9.17, 15) is 24.3 Å². The summed E-state index contributed by atoms with van der Waals surface area (Å²) in [6.07, 6.45) is -0.901. The van der Waals surface area contributed by atoms with Gasteiger partial charge in [-0.15, -0.1) is 11.8 Å². The van der Waals surface area contributed by atoms with Crippen LogP contribution in [0.5, 0.6) is 0 Å². The van der Waals surface area contributed by atoms with E-state index in [1.807, 2.05) is 18.2 Å². The zero-order valence-electron chi connectivity index (χ0n) is 14.1. The highest BCUT2D eigenvalue weighted by atomic mass is 32.2. The van der Waals surface area contributed by atoms with Crippen LogP contribution in [0.4, 0.5) is 4.79 Å². The third-order valence-corrected chi connectivity index (χ3v) is 5.50. The van der Waals surface area contributed by atoms with E-state index < -0.39 is 29.4 Å². The number of amides is 3. The molecule has 0 aromatic heterocycles. The van der Waals surface area contributed by atoms with Crippen molar-refractivity contribution in [3.8, 4) is 0 Å². The van der Waals surface area contributed by atoms with E-state index in [4.69, 9.17) is 5.73 Å². The second-order valence-electron chi connectivity index (χ2n) is 5.98. The topological polar surface area (TPSA) is 139 Å². The van der Waals surface area contributed by atoms with Gasteiger partial charge in [0.25, 0.3) is 5.91 Å². The van der Waals surface area contributed by atoms with Crippen molar-refractivity contribution in [1.29, 1.82) is 0 Å². The van der Waals surface area contributed by atoms with Gasteiger partial charge in [-0.2, -0.15) is 0 Å². The third kappa shape index (κ3) is 3.90. The number of carboxylic acid groups (broad SMARTS) is 1. The van der Waals surface area contributed by atoms with Crippen LogP contribution < -0.4 is 11.1 Å².